The van der Waals surface area contributed by atoms with Crippen LogP contribution in [0.15, 0.2) is 48.5 Å². The van der Waals surface area contributed by atoms with E-state index in [-0.39, 0.29) is 31.1 Å². The van der Waals surface area contributed by atoms with Crippen LogP contribution in [-0.2, 0) is 24.9 Å². The minimum atomic E-state index is -0.0480. The van der Waals surface area contributed by atoms with Crippen LogP contribution in [0, 0.1) is 26.8 Å². The molecule has 2 aliphatic rings. The molecule has 0 unspecified atom stereocenters. The fourth-order valence-electron chi connectivity index (χ4n) is 5.12. The Labute approximate surface area is 187 Å². The van der Waals surface area contributed by atoms with Crippen LogP contribution in [0.3, 0.4) is 0 Å². The van der Waals surface area contributed by atoms with Gasteiger partial charge in [0.2, 0.25) is 0 Å². The topological polar surface area (TPSA) is 6.48 Å². The van der Waals surface area contributed by atoms with Crippen LogP contribution in [0.5, 0.6) is 0 Å². The fraction of sp³-hybridized carbons (Fsp3) is 0.308. The van der Waals surface area contributed by atoms with Crippen LogP contribution in [0.4, 0.5) is 22.7 Å². The molecule has 0 spiro atoms. The molecule has 1 radical (unpaired) electrons. The molecule has 0 aromatic heterocycles. The normalized spacial score (nSPS) is 18.2. The van der Waals surface area contributed by atoms with E-state index in [1.807, 2.05) is 0 Å². The fourth-order valence-corrected chi connectivity index (χ4v) is 5.12. The second-order valence-electron chi connectivity index (χ2n) is 8.76. The van der Waals surface area contributed by atoms with Gasteiger partial charge < -0.3 is 9.80 Å². The molecule has 0 aliphatic carbocycles. The first-order valence-corrected chi connectivity index (χ1v) is 10.1. The molecule has 3 heteroatoms. The predicted octanol–water partition coefficient (Wildman–Crippen LogP) is 6.68. The van der Waals surface area contributed by atoms with Crippen molar-refractivity contribution in [3.8, 4) is 0 Å². The van der Waals surface area contributed by atoms with Gasteiger partial charge in [0.15, 0.2) is 0 Å². The van der Waals surface area contributed by atoms with Crippen molar-refractivity contribution in [2.45, 2.75) is 53.1 Å². The second kappa shape index (κ2) is 6.71. The summed E-state index contributed by atoms with van der Waals surface area (Å²) >= 11 is 0. The second-order valence-corrected chi connectivity index (χ2v) is 8.76. The number of rotatable bonds is 1. The Morgan fingerprint density at radius 3 is 2.24 bits per heavy atom. The molecule has 0 fully saturated rings. The summed E-state index contributed by atoms with van der Waals surface area (Å²) in [7, 11) is 0. The van der Waals surface area contributed by atoms with E-state index in [0.29, 0.717) is 0 Å². The quantitative estimate of drug-likeness (QED) is 0.290. The Balaban J connectivity index is 0.00000205. The molecular weight excluding hydrogens is 441 g/mol. The maximum Gasteiger partial charge on any atom is 1.00 e. The molecule has 0 amide bonds. The molecule has 2 aliphatic heterocycles. The van der Waals surface area contributed by atoms with Crippen LogP contribution in [0.2, 0.25) is 0 Å². The van der Waals surface area contributed by atoms with Gasteiger partial charge in [0.1, 0.15) is 6.17 Å². The number of hydrogen-bond acceptors (Lipinski definition) is 2. The summed E-state index contributed by atoms with van der Waals surface area (Å²) in [4.78, 5) is 5.07. The average Bonchev–Trinajstić information content (AvgIpc) is 2.95. The van der Waals surface area contributed by atoms with Crippen LogP contribution in [0.25, 0.3) is 0 Å². The number of para-hydroxylation sites is 2. The molecule has 5 rings (SSSR count). The molecule has 0 bridgehead atoms. The molecule has 2 nitrogen and oxygen atoms in total. The number of nitrogens with zero attached hydrogens (tertiary/aromatic N) is 2. The zero-order valence-electron chi connectivity index (χ0n) is 17.9. The molecule has 2 heterocycles. The van der Waals surface area contributed by atoms with Crippen LogP contribution in [-0.4, -0.2) is 6.17 Å². The molecule has 0 saturated carbocycles. The minimum absolute atomic E-state index is 0. The third kappa shape index (κ3) is 2.56. The van der Waals surface area contributed by atoms with E-state index in [2.05, 4.69) is 106 Å². The van der Waals surface area contributed by atoms with E-state index in [1.54, 1.807) is 0 Å². The zero-order valence-corrected chi connectivity index (χ0v) is 19.7. The molecule has 0 saturated heterocycles. The number of aryl methyl sites for hydroxylation is 2. The van der Waals surface area contributed by atoms with Crippen LogP contribution < -0.4 is 9.80 Å². The molecule has 3 aromatic carbocycles. The van der Waals surface area contributed by atoms with E-state index in [4.69, 9.17) is 0 Å². The molecule has 0 N–H and O–H groups in total. The van der Waals surface area contributed by atoms with Gasteiger partial charge in [-0.1, -0.05) is 63.7 Å². The van der Waals surface area contributed by atoms with Gasteiger partial charge in [-0.2, -0.15) is 17.7 Å². The number of fused-ring (bicyclic) bond motifs is 2. The smallest absolute Gasteiger partial charge is 0.341 e. The van der Waals surface area contributed by atoms with Crippen molar-refractivity contribution < 1.29 is 19.5 Å². The Morgan fingerprint density at radius 2 is 1.52 bits per heavy atom. The third-order valence-electron chi connectivity index (χ3n) is 6.83. The summed E-state index contributed by atoms with van der Waals surface area (Å²) < 4.78 is 0. The maximum absolute atomic E-state index is 3.50. The third-order valence-corrected chi connectivity index (χ3v) is 6.83. The van der Waals surface area contributed by atoms with Crippen LogP contribution in [0.1, 0.15) is 48.6 Å². The zero-order chi connectivity index (χ0) is 19.8. The molecule has 29 heavy (non-hydrogen) atoms. The van der Waals surface area contributed by atoms with Gasteiger partial charge in [-0.05, 0) is 42.5 Å². The van der Waals surface area contributed by atoms with Crippen molar-refractivity contribution in [3.63, 3.8) is 0 Å². The molecule has 3 aromatic rings. The Kier molecular flexibility index (Phi) is 4.66. The standard InChI is InChI=1S/C26H27N2.Ru/c1-16-14-15-21-24(18(16)3)28-19(4)27(22-12-8-7-10-17(22)2)23-13-9-11-20(25(23)28)26(21,5)6;/h7-13,15,19H,1-6H3;/q-1;+1/t19-;/m1./s1. The van der Waals surface area contributed by atoms with Crippen molar-refractivity contribution in [3.05, 3.63) is 82.4 Å². The summed E-state index contributed by atoms with van der Waals surface area (Å²) in [5.41, 5.74) is 11.9. The van der Waals surface area contributed by atoms with Crippen molar-refractivity contribution >= 4 is 22.7 Å². The van der Waals surface area contributed by atoms with E-state index < -0.39 is 0 Å². The van der Waals surface area contributed by atoms with Gasteiger partial charge in [-0.15, -0.1) is 11.1 Å². The van der Waals surface area contributed by atoms with Gasteiger partial charge >= 0.3 is 19.5 Å². The maximum atomic E-state index is 3.50. The number of anilines is 4. The van der Waals surface area contributed by atoms with E-state index in [0.717, 1.165) is 0 Å². The van der Waals surface area contributed by atoms with Gasteiger partial charge in [-0.3, -0.25) is 0 Å². The van der Waals surface area contributed by atoms with Crippen molar-refractivity contribution in [1.29, 1.82) is 0 Å². The molecule has 149 valence electrons. The van der Waals surface area contributed by atoms with E-state index >= 15 is 0 Å². The SMILES string of the molecule is Cc1[c-]cc2c(c1C)N1c3c(cccc3C2(C)C)N(c2ccccc2C)[C@H]1C.[Ru+]. The Bertz CT molecular complexity index is 1120. The summed E-state index contributed by atoms with van der Waals surface area (Å²) in [5, 5.41) is 0. The monoisotopic (exact) mass is 469 g/mol. The summed E-state index contributed by atoms with van der Waals surface area (Å²) in [6, 6.07) is 21.2. The Hall–Kier alpha value is -2.12. The van der Waals surface area contributed by atoms with Gasteiger partial charge in [0.25, 0.3) is 0 Å². The Morgan fingerprint density at radius 1 is 0.828 bits per heavy atom. The number of hydrogen-bond donors (Lipinski definition) is 0. The van der Waals surface area contributed by atoms with Crippen LogP contribution >= 0.6 is 0 Å². The molecule has 1 atom stereocenters. The predicted molar refractivity (Wildman–Crippen MR) is 118 cm³/mol. The average molecular weight is 469 g/mol. The van der Waals surface area contributed by atoms with Gasteiger partial charge in [-0.25, -0.2) is 0 Å². The van der Waals surface area contributed by atoms with Crippen molar-refractivity contribution in [2.24, 2.45) is 0 Å². The first-order chi connectivity index (χ1) is 13.3. The first kappa shape index (κ1) is 20.2. The summed E-state index contributed by atoms with van der Waals surface area (Å²) in [5.74, 6) is 0. The van der Waals surface area contributed by atoms with Crippen molar-refractivity contribution in [1.82, 2.24) is 0 Å². The van der Waals surface area contributed by atoms with Gasteiger partial charge in [0.05, 0.1) is 11.4 Å². The van der Waals surface area contributed by atoms with E-state index in [9.17, 15) is 0 Å². The minimum Gasteiger partial charge on any atom is -0.341 e. The molecular formula is C26H27N2Ru. The van der Waals surface area contributed by atoms with Gasteiger partial charge in [0, 0.05) is 5.69 Å². The van der Waals surface area contributed by atoms with Crippen molar-refractivity contribution in [2.75, 3.05) is 9.80 Å². The first-order valence-electron chi connectivity index (χ1n) is 10.1. The summed E-state index contributed by atoms with van der Waals surface area (Å²) in [6.07, 6.45) is 0.215. The van der Waals surface area contributed by atoms with E-state index in [1.165, 1.54) is 50.6 Å². The summed E-state index contributed by atoms with van der Waals surface area (Å²) in [6.45, 7) is 13.6. The largest absolute Gasteiger partial charge is 1.00 e. The number of benzene rings is 3.